The van der Waals surface area contributed by atoms with Crippen LogP contribution in [-0.4, -0.2) is 16.1 Å². The SMILES string of the molecule is O=C(O)c1ccc(Cc2ccccn2)c(Cl)c1. The molecule has 1 N–H and O–H groups in total. The normalized spacial score (nSPS) is 10.2. The molecule has 0 radical (unpaired) electrons. The van der Waals surface area contributed by atoms with Crippen LogP contribution < -0.4 is 0 Å². The van der Waals surface area contributed by atoms with Gasteiger partial charge in [0, 0.05) is 23.3 Å². The van der Waals surface area contributed by atoms with Gasteiger partial charge in [0.2, 0.25) is 0 Å². The number of hydrogen-bond acceptors (Lipinski definition) is 2. The van der Waals surface area contributed by atoms with E-state index in [4.69, 9.17) is 16.7 Å². The average molecular weight is 248 g/mol. The molecule has 0 saturated heterocycles. The second-order valence-corrected chi connectivity index (χ2v) is 4.02. The number of halogens is 1. The summed E-state index contributed by atoms with van der Waals surface area (Å²) in [4.78, 5) is 14.9. The van der Waals surface area contributed by atoms with Gasteiger partial charge in [0.15, 0.2) is 0 Å². The van der Waals surface area contributed by atoms with E-state index in [0.29, 0.717) is 11.4 Å². The van der Waals surface area contributed by atoms with Gasteiger partial charge < -0.3 is 5.11 Å². The van der Waals surface area contributed by atoms with Crippen LogP contribution in [0.4, 0.5) is 0 Å². The van der Waals surface area contributed by atoms with Crippen molar-refractivity contribution in [1.29, 1.82) is 0 Å². The molecule has 0 atom stereocenters. The number of aromatic nitrogens is 1. The molecule has 0 fully saturated rings. The predicted molar refractivity (Wildman–Crippen MR) is 65.5 cm³/mol. The minimum Gasteiger partial charge on any atom is -0.478 e. The van der Waals surface area contributed by atoms with Crippen molar-refractivity contribution in [3.63, 3.8) is 0 Å². The van der Waals surface area contributed by atoms with Gasteiger partial charge in [-0.15, -0.1) is 0 Å². The standard InChI is InChI=1S/C13H10ClNO2/c14-12-8-10(13(16)17)5-4-9(12)7-11-3-1-2-6-15-11/h1-6,8H,7H2,(H,16,17). The molecule has 3 nitrogen and oxygen atoms in total. The molecular formula is C13H10ClNO2. The summed E-state index contributed by atoms with van der Waals surface area (Å²) in [5.41, 5.74) is 1.97. The van der Waals surface area contributed by atoms with Crippen molar-refractivity contribution < 1.29 is 9.90 Å². The molecule has 2 aromatic rings. The molecule has 4 heteroatoms. The molecule has 0 bridgehead atoms. The molecule has 0 amide bonds. The Labute approximate surface area is 104 Å². The van der Waals surface area contributed by atoms with Gasteiger partial charge in [-0.25, -0.2) is 4.79 Å². The van der Waals surface area contributed by atoms with Crippen molar-refractivity contribution in [3.05, 3.63) is 64.4 Å². The third-order valence-corrected chi connectivity index (χ3v) is 2.75. The van der Waals surface area contributed by atoms with Gasteiger partial charge in [-0.05, 0) is 29.8 Å². The summed E-state index contributed by atoms with van der Waals surface area (Å²) in [6, 6.07) is 10.4. The first kappa shape index (κ1) is 11.6. The van der Waals surface area contributed by atoms with E-state index in [1.54, 1.807) is 18.3 Å². The van der Waals surface area contributed by atoms with Crippen molar-refractivity contribution >= 4 is 17.6 Å². The summed E-state index contributed by atoms with van der Waals surface area (Å²) in [5.74, 6) is -0.976. The second-order valence-electron chi connectivity index (χ2n) is 3.61. The van der Waals surface area contributed by atoms with Gasteiger partial charge >= 0.3 is 5.97 Å². The fourth-order valence-electron chi connectivity index (χ4n) is 1.52. The molecular weight excluding hydrogens is 238 g/mol. The highest BCUT2D eigenvalue weighted by molar-refractivity contribution is 6.31. The molecule has 86 valence electrons. The Morgan fingerprint density at radius 2 is 2.12 bits per heavy atom. The van der Waals surface area contributed by atoms with Crippen LogP contribution in [0, 0.1) is 0 Å². The Balaban J connectivity index is 2.26. The van der Waals surface area contributed by atoms with Crippen LogP contribution in [0.15, 0.2) is 42.6 Å². The molecule has 17 heavy (non-hydrogen) atoms. The van der Waals surface area contributed by atoms with Crippen LogP contribution in [0.2, 0.25) is 5.02 Å². The molecule has 0 aliphatic rings. The number of benzene rings is 1. The maximum absolute atomic E-state index is 10.8. The number of rotatable bonds is 3. The molecule has 0 saturated carbocycles. The quantitative estimate of drug-likeness (QED) is 0.907. The van der Waals surface area contributed by atoms with Gasteiger partial charge in [-0.2, -0.15) is 0 Å². The predicted octanol–water partition coefficient (Wildman–Crippen LogP) is 3.02. The summed E-state index contributed by atoms with van der Waals surface area (Å²) in [5, 5.41) is 9.27. The number of aromatic carboxylic acids is 1. The Bertz CT molecular complexity index is 540. The molecule has 1 aromatic carbocycles. The molecule has 0 aliphatic heterocycles. The maximum Gasteiger partial charge on any atom is 0.335 e. The minimum absolute atomic E-state index is 0.194. The van der Waals surface area contributed by atoms with E-state index < -0.39 is 5.97 Å². The fraction of sp³-hybridized carbons (Fsp3) is 0.0769. The fourth-order valence-corrected chi connectivity index (χ4v) is 1.77. The van der Waals surface area contributed by atoms with Crippen LogP contribution in [0.5, 0.6) is 0 Å². The van der Waals surface area contributed by atoms with E-state index in [2.05, 4.69) is 4.98 Å². The maximum atomic E-state index is 10.8. The molecule has 0 unspecified atom stereocenters. The summed E-state index contributed by atoms with van der Waals surface area (Å²) in [6.45, 7) is 0. The zero-order valence-electron chi connectivity index (χ0n) is 8.93. The van der Waals surface area contributed by atoms with Crippen molar-refractivity contribution in [2.24, 2.45) is 0 Å². The molecule has 0 spiro atoms. The van der Waals surface area contributed by atoms with Crippen molar-refractivity contribution in [3.8, 4) is 0 Å². The molecule has 0 aliphatic carbocycles. The van der Waals surface area contributed by atoms with Crippen LogP contribution in [0.25, 0.3) is 0 Å². The van der Waals surface area contributed by atoms with Crippen LogP contribution in [-0.2, 0) is 6.42 Å². The third kappa shape index (κ3) is 2.82. The number of nitrogens with zero attached hydrogens (tertiary/aromatic N) is 1. The second kappa shape index (κ2) is 4.97. The summed E-state index contributed by atoms with van der Waals surface area (Å²) >= 11 is 6.03. The number of carboxylic acids is 1. The van der Waals surface area contributed by atoms with E-state index in [0.717, 1.165) is 11.3 Å². The molecule has 1 heterocycles. The molecule has 2 rings (SSSR count). The largest absolute Gasteiger partial charge is 0.478 e. The van der Waals surface area contributed by atoms with Crippen molar-refractivity contribution in [2.45, 2.75) is 6.42 Å². The van der Waals surface area contributed by atoms with Crippen molar-refractivity contribution in [2.75, 3.05) is 0 Å². The lowest BCUT2D eigenvalue weighted by Crippen LogP contribution is -1.98. The first-order valence-electron chi connectivity index (χ1n) is 5.08. The Morgan fingerprint density at radius 3 is 2.71 bits per heavy atom. The van der Waals surface area contributed by atoms with E-state index in [-0.39, 0.29) is 5.56 Å². The van der Waals surface area contributed by atoms with Crippen LogP contribution in [0.3, 0.4) is 0 Å². The van der Waals surface area contributed by atoms with Gasteiger partial charge in [-0.1, -0.05) is 23.7 Å². The number of hydrogen-bond donors (Lipinski definition) is 1. The van der Waals surface area contributed by atoms with E-state index in [1.165, 1.54) is 6.07 Å². The van der Waals surface area contributed by atoms with Gasteiger partial charge in [0.1, 0.15) is 0 Å². The summed E-state index contributed by atoms with van der Waals surface area (Å²) in [7, 11) is 0. The number of carboxylic acid groups (broad SMARTS) is 1. The van der Waals surface area contributed by atoms with Gasteiger partial charge in [0.25, 0.3) is 0 Å². The lowest BCUT2D eigenvalue weighted by Gasteiger charge is -2.04. The molecule has 1 aromatic heterocycles. The lowest BCUT2D eigenvalue weighted by atomic mass is 10.1. The Hall–Kier alpha value is -1.87. The van der Waals surface area contributed by atoms with E-state index in [1.807, 2.05) is 18.2 Å². The summed E-state index contributed by atoms with van der Waals surface area (Å²) in [6.07, 6.45) is 2.31. The van der Waals surface area contributed by atoms with Crippen LogP contribution in [0.1, 0.15) is 21.6 Å². The Morgan fingerprint density at radius 1 is 1.29 bits per heavy atom. The monoisotopic (exact) mass is 247 g/mol. The minimum atomic E-state index is -0.976. The van der Waals surface area contributed by atoms with Gasteiger partial charge in [-0.3, -0.25) is 4.98 Å². The highest BCUT2D eigenvalue weighted by atomic mass is 35.5. The first-order valence-corrected chi connectivity index (χ1v) is 5.46. The highest BCUT2D eigenvalue weighted by Gasteiger charge is 2.07. The number of pyridine rings is 1. The third-order valence-electron chi connectivity index (χ3n) is 2.40. The number of carbonyl (C=O) groups is 1. The Kier molecular flexibility index (Phi) is 3.40. The lowest BCUT2D eigenvalue weighted by molar-refractivity contribution is 0.0697. The first-order chi connectivity index (χ1) is 8.16. The van der Waals surface area contributed by atoms with Crippen molar-refractivity contribution in [1.82, 2.24) is 4.98 Å². The smallest absolute Gasteiger partial charge is 0.335 e. The highest BCUT2D eigenvalue weighted by Crippen LogP contribution is 2.20. The zero-order valence-corrected chi connectivity index (χ0v) is 9.69. The van der Waals surface area contributed by atoms with E-state index >= 15 is 0 Å². The average Bonchev–Trinajstić information content (AvgIpc) is 2.33. The summed E-state index contributed by atoms with van der Waals surface area (Å²) < 4.78 is 0. The van der Waals surface area contributed by atoms with Gasteiger partial charge in [0.05, 0.1) is 5.56 Å². The van der Waals surface area contributed by atoms with E-state index in [9.17, 15) is 4.79 Å². The van der Waals surface area contributed by atoms with Crippen LogP contribution >= 0.6 is 11.6 Å². The zero-order chi connectivity index (χ0) is 12.3. The topological polar surface area (TPSA) is 50.2 Å².